The van der Waals surface area contributed by atoms with E-state index in [0.29, 0.717) is 13.1 Å². The summed E-state index contributed by atoms with van der Waals surface area (Å²) in [6, 6.07) is 8.38. The molecule has 1 atom stereocenters. The van der Waals surface area contributed by atoms with Crippen molar-refractivity contribution in [2.75, 3.05) is 32.8 Å². The molecule has 96 valence electrons. The van der Waals surface area contributed by atoms with Gasteiger partial charge in [0.2, 0.25) is 5.91 Å². The number of fused-ring (bicyclic) bond motifs is 1. The van der Waals surface area contributed by atoms with E-state index >= 15 is 0 Å². The van der Waals surface area contributed by atoms with Crippen molar-refractivity contribution in [2.24, 2.45) is 0 Å². The molecule has 0 radical (unpaired) electrons. The van der Waals surface area contributed by atoms with Crippen LogP contribution in [0.5, 0.6) is 0 Å². The van der Waals surface area contributed by atoms with Crippen LogP contribution in [0.1, 0.15) is 17.2 Å². The maximum Gasteiger partial charge on any atom is 0.236 e. The molecule has 0 aromatic heterocycles. The molecule has 2 heterocycles. The smallest absolute Gasteiger partial charge is 0.236 e. The second-order valence-corrected chi connectivity index (χ2v) is 4.82. The molecule has 4 heteroatoms. The topological polar surface area (TPSA) is 41.6 Å². The first-order valence-electron chi connectivity index (χ1n) is 6.52. The second-order valence-electron chi connectivity index (χ2n) is 4.82. The lowest BCUT2D eigenvalue weighted by molar-refractivity contribution is -0.134. The number of rotatable bonds is 2. The number of benzene rings is 1. The number of carbonyl (C=O) groups is 1. The van der Waals surface area contributed by atoms with Crippen molar-refractivity contribution in [2.45, 2.75) is 12.5 Å². The fraction of sp³-hybridized carbons (Fsp3) is 0.500. The Hall–Kier alpha value is -1.39. The van der Waals surface area contributed by atoms with Crippen LogP contribution in [0.2, 0.25) is 0 Å². The van der Waals surface area contributed by atoms with Crippen molar-refractivity contribution in [1.29, 1.82) is 0 Å². The molecular weight excluding hydrogens is 228 g/mol. The van der Waals surface area contributed by atoms with Crippen LogP contribution in [0, 0.1) is 0 Å². The van der Waals surface area contributed by atoms with E-state index in [1.54, 1.807) is 0 Å². The molecule has 0 aliphatic carbocycles. The van der Waals surface area contributed by atoms with E-state index in [9.17, 15) is 4.79 Å². The summed E-state index contributed by atoms with van der Waals surface area (Å²) >= 11 is 0. The number of piperazine rings is 1. The molecule has 1 fully saturated rings. The molecule has 4 nitrogen and oxygen atoms in total. The van der Waals surface area contributed by atoms with E-state index in [1.807, 2.05) is 11.0 Å². The van der Waals surface area contributed by atoms with Gasteiger partial charge < -0.3 is 15.0 Å². The van der Waals surface area contributed by atoms with Crippen molar-refractivity contribution in [3.05, 3.63) is 35.4 Å². The predicted molar refractivity (Wildman–Crippen MR) is 68.3 cm³/mol. The number of hydrogen-bond donors (Lipinski definition) is 1. The van der Waals surface area contributed by atoms with E-state index in [1.165, 1.54) is 11.1 Å². The third kappa shape index (κ3) is 2.26. The largest absolute Gasteiger partial charge is 0.371 e. The van der Waals surface area contributed by atoms with Gasteiger partial charge in [0.05, 0.1) is 19.7 Å². The number of hydrogen-bond acceptors (Lipinski definition) is 3. The van der Waals surface area contributed by atoms with Crippen LogP contribution in [0.4, 0.5) is 0 Å². The maximum atomic E-state index is 11.8. The molecule has 1 aromatic carbocycles. The molecule has 0 spiro atoms. The average Bonchev–Trinajstić information content (AvgIpc) is 2.42. The zero-order chi connectivity index (χ0) is 12.4. The molecule has 3 rings (SSSR count). The molecular formula is C14H18N2O2. The van der Waals surface area contributed by atoms with E-state index in [-0.39, 0.29) is 12.0 Å². The minimum absolute atomic E-state index is 0.0389. The first kappa shape index (κ1) is 11.7. The van der Waals surface area contributed by atoms with Crippen LogP contribution in [-0.2, 0) is 16.0 Å². The van der Waals surface area contributed by atoms with Gasteiger partial charge in [0, 0.05) is 13.1 Å². The predicted octanol–water partition coefficient (Wildman–Crippen LogP) is 0.732. The second kappa shape index (κ2) is 5.08. The van der Waals surface area contributed by atoms with Crippen molar-refractivity contribution in [1.82, 2.24) is 10.2 Å². The number of carbonyl (C=O) groups excluding carboxylic acids is 1. The van der Waals surface area contributed by atoms with Gasteiger partial charge in [-0.1, -0.05) is 24.3 Å². The summed E-state index contributed by atoms with van der Waals surface area (Å²) in [5.74, 6) is 0.174. The van der Waals surface area contributed by atoms with E-state index in [0.717, 1.165) is 26.1 Å². The minimum Gasteiger partial charge on any atom is -0.371 e. The fourth-order valence-corrected chi connectivity index (χ4v) is 2.67. The molecule has 1 saturated heterocycles. The normalized spacial score (nSPS) is 23.9. The maximum absolute atomic E-state index is 11.8. The SMILES string of the molecule is O=C1CNCCN1CC1OCCc2ccccc21. The molecule has 0 saturated carbocycles. The van der Waals surface area contributed by atoms with Crippen molar-refractivity contribution < 1.29 is 9.53 Å². The monoisotopic (exact) mass is 246 g/mol. The lowest BCUT2D eigenvalue weighted by Crippen LogP contribution is -2.49. The summed E-state index contributed by atoms with van der Waals surface area (Å²) in [6.45, 7) is 3.54. The Morgan fingerprint density at radius 3 is 3.17 bits per heavy atom. The first-order chi connectivity index (χ1) is 8.84. The summed E-state index contributed by atoms with van der Waals surface area (Å²) in [7, 11) is 0. The Morgan fingerprint density at radius 1 is 1.39 bits per heavy atom. The van der Waals surface area contributed by atoms with Crippen molar-refractivity contribution in [3.8, 4) is 0 Å². The standard InChI is InChI=1S/C14H18N2O2/c17-14-9-15-6-7-16(14)10-13-12-4-2-1-3-11(12)5-8-18-13/h1-4,13,15H,5-10H2. The molecule has 1 amide bonds. The van der Waals surface area contributed by atoms with Gasteiger partial charge >= 0.3 is 0 Å². The molecule has 2 aliphatic rings. The highest BCUT2D eigenvalue weighted by Gasteiger charge is 2.26. The van der Waals surface area contributed by atoms with Crippen molar-refractivity contribution in [3.63, 3.8) is 0 Å². The quantitative estimate of drug-likeness (QED) is 0.836. The zero-order valence-electron chi connectivity index (χ0n) is 10.4. The lowest BCUT2D eigenvalue weighted by Gasteiger charge is -2.33. The Labute approximate surface area is 107 Å². The van der Waals surface area contributed by atoms with Crippen LogP contribution >= 0.6 is 0 Å². The van der Waals surface area contributed by atoms with E-state index in [4.69, 9.17) is 4.74 Å². The van der Waals surface area contributed by atoms with E-state index < -0.39 is 0 Å². The summed E-state index contributed by atoms with van der Waals surface area (Å²) in [5, 5.41) is 3.09. The summed E-state index contributed by atoms with van der Waals surface area (Å²) < 4.78 is 5.84. The Balaban J connectivity index is 1.75. The number of nitrogens with zero attached hydrogens (tertiary/aromatic N) is 1. The number of ether oxygens (including phenoxy) is 1. The Morgan fingerprint density at radius 2 is 2.28 bits per heavy atom. The van der Waals surface area contributed by atoms with Gasteiger partial charge in [-0.2, -0.15) is 0 Å². The lowest BCUT2D eigenvalue weighted by atomic mass is 9.97. The number of nitrogens with one attached hydrogen (secondary N) is 1. The Kier molecular flexibility index (Phi) is 3.30. The minimum atomic E-state index is 0.0389. The fourth-order valence-electron chi connectivity index (χ4n) is 2.67. The van der Waals surface area contributed by atoms with Crippen LogP contribution in [0.25, 0.3) is 0 Å². The van der Waals surface area contributed by atoms with Crippen molar-refractivity contribution >= 4 is 5.91 Å². The highest BCUT2D eigenvalue weighted by Crippen LogP contribution is 2.27. The van der Waals surface area contributed by atoms with Gasteiger partial charge in [-0.3, -0.25) is 4.79 Å². The van der Waals surface area contributed by atoms with Gasteiger partial charge in [-0.05, 0) is 17.5 Å². The number of amides is 1. The molecule has 2 aliphatic heterocycles. The molecule has 0 bridgehead atoms. The average molecular weight is 246 g/mol. The molecule has 1 unspecified atom stereocenters. The summed E-state index contributed by atoms with van der Waals surface area (Å²) in [5.41, 5.74) is 2.60. The first-order valence-corrected chi connectivity index (χ1v) is 6.52. The Bertz CT molecular complexity index is 447. The van der Waals surface area contributed by atoms with Gasteiger partial charge in [0.15, 0.2) is 0 Å². The van der Waals surface area contributed by atoms with Crippen LogP contribution in [0.15, 0.2) is 24.3 Å². The van der Waals surface area contributed by atoms with Gasteiger partial charge in [-0.15, -0.1) is 0 Å². The summed E-state index contributed by atoms with van der Waals surface area (Å²) in [6.07, 6.45) is 1.01. The summed E-state index contributed by atoms with van der Waals surface area (Å²) in [4.78, 5) is 13.7. The molecule has 1 aromatic rings. The third-order valence-corrected chi connectivity index (χ3v) is 3.67. The highest BCUT2D eigenvalue weighted by molar-refractivity contribution is 5.79. The van der Waals surface area contributed by atoms with Crippen LogP contribution < -0.4 is 5.32 Å². The van der Waals surface area contributed by atoms with Crippen LogP contribution in [-0.4, -0.2) is 43.6 Å². The van der Waals surface area contributed by atoms with Crippen LogP contribution in [0.3, 0.4) is 0 Å². The van der Waals surface area contributed by atoms with Gasteiger partial charge in [0.25, 0.3) is 0 Å². The third-order valence-electron chi connectivity index (χ3n) is 3.67. The highest BCUT2D eigenvalue weighted by atomic mass is 16.5. The molecule has 18 heavy (non-hydrogen) atoms. The molecule has 1 N–H and O–H groups in total. The van der Waals surface area contributed by atoms with Gasteiger partial charge in [-0.25, -0.2) is 0 Å². The van der Waals surface area contributed by atoms with E-state index in [2.05, 4.69) is 23.5 Å². The van der Waals surface area contributed by atoms with Gasteiger partial charge in [0.1, 0.15) is 6.10 Å². The zero-order valence-corrected chi connectivity index (χ0v) is 10.4.